The van der Waals surface area contributed by atoms with Crippen molar-refractivity contribution in [2.75, 3.05) is 24.6 Å². The van der Waals surface area contributed by atoms with E-state index in [0.29, 0.717) is 43.4 Å². The first-order valence-corrected chi connectivity index (χ1v) is 11.8. The van der Waals surface area contributed by atoms with E-state index < -0.39 is 11.7 Å². The highest BCUT2D eigenvalue weighted by Crippen LogP contribution is 2.41. The summed E-state index contributed by atoms with van der Waals surface area (Å²) in [5.41, 5.74) is 1.93. The molecule has 7 heteroatoms. The first-order valence-electron chi connectivity index (χ1n) is 11.8. The standard InChI is InChI=1S/C26H29F3N2O2/c1-2-21-15-30(9-10-33-21)14-17-11-22-23(24(12-17)26(27,28)29)16-31(25(22)32)20-8-4-7-19(13-20)18-5-3-6-18/h4,7-8,11-13,18,21H,2-3,5-6,9-10,14-16H2,1H3. The molecule has 2 heterocycles. The number of morpholine rings is 1. The summed E-state index contributed by atoms with van der Waals surface area (Å²) >= 11 is 0. The summed E-state index contributed by atoms with van der Waals surface area (Å²) in [5, 5.41) is 0. The van der Waals surface area contributed by atoms with Crippen LogP contribution < -0.4 is 4.90 Å². The van der Waals surface area contributed by atoms with Crippen molar-refractivity contribution in [1.29, 1.82) is 0 Å². The Kier molecular flexibility index (Phi) is 5.95. The lowest BCUT2D eigenvalue weighted by molar-refractivity contribution is -0.138. The van der Waals surface area contributed by atoms with Crippen LogP contribution in [0.5, 0.6) is 0 Å². The van der Waals surface area contributed by atoms with Crippen molar-refractivity contribution >= 4 is 11.6 Å². The Labute approximate surface area is 192 Å². The average Bonchev–Trinajstić information content (AvgIpc) is 3.08. The molecule has 3 aliphatic rings. The third-order valence-corrected chi connectivity index (χ3v) is 7.25. The van der Waals surface area contributed by atoms with E-state index in [-0.39, 0.29) is 29.7 Å². The molecule has 4 nitrogen and oxygen atoms in total. The van der Waals surface area contributed by atoms with Crippen molar-refractivity contribution in [1.82, 2.24) is 4.90 Å². The van der Waals surface area contributed by atoms with Crippen molar-refractivity contribution in [3.63, 3.8) is 0 Å². The Morgan fingerprint density at radius 2 is 1.97 bits per heavy atom. The lowest BCUT2D eigenvalue weighted by atomic mass is 9.80. The molecule has 176 valence electrons. The van der Waals surface area contributed by atoms with Gasteiger partial charge in [-0.2, -0.15) is 13.2 Å². The molecule has 0 aromatic heterocycles. The molecule has 2 fully saturated rings. The Balaban J connectivity index is 1.45. The van der Waals surface area contributed by atoms with Gasteiger partial charge in [-0.1, -0.05) is 25.5 Å². The molecule has 1 saturated heterocycles. The topological polar surface area (TPSA) is 32.8 Å². The number of nitrogens with zero attached hydrogens (tertiary/aromatic N) is 2. The summed E-state index contributed by atoms with van der Waals surface area (Å²) in [6.45, 7) is 4.29. The fraction of sp³-hybridized carbons (Fsp3) is 0.500. The van der Waals surface area contributed by atoms with E-state index in [1.165, 1.54) is 17.4 Å². The maximum absolute atomic E-state index is 14.0. The first kappa shape index (κ1) is 22.4. The highest BCUT2D eigenvalue weighted by molar-refractivity contribution is 6.10. The summed E-state index contributed by atoms with van der Waals surface area (Å²) in [7, 11) is 0. The molecule has 1 saturated carbocycles. The van der Waals surface area contributed by atoms with Gasteiger partial charge in [0.25, 0.3) is 5.91 Å². The number of ether oxygens (including phenoxy) is 1. The van der Waals surface area contributed by atoms with Gasteiger partial charge in [-0.05, 0) is 66.1 Å². The summed E-state index contributed by atoms with van der Waals surface area (Å²) in [4.78, 5) is 16.9. The molecule has 1 atom stereocenters. The van der Waals surface area contributed by atoms with Gasteiger partial charge in [-0.3, -0.25) is 9.69 Å². The van der Waals surface area contributed by atoms with Crippen LogP contribution in [0.1, 0.15) is 71.1 Å². The second-order valence-electron chi connectivity index (χ2n) is 9.42. The lowest BCUT2D eigenvalue weighted by Crippen LogP contribution is -2.41. The molecular weight excluding hydrogens is 429 g/mol. The van der Waals surface area contributed by atoms with Gasteiger partial charge in [0.15, 0.2) is 0 Å². The molecule has 2 aromatic carbocycles. The van der Waals surface area contributed by atoms with Crippen LogP contribution >= 0.6 is 0 Å². The van der Waals surface area contributed by atoms with Crippen molar-refractivity contribution in [2.24, 2.45) is 0 Å². The van der Waals surface area contributed by atoms with Crippen LogP contribution in [0, 0.1) is 0 Å². The maximum atomic E-state index is 14.0. The predicted molar refractivity (Wildman–Crippen MR) is 120 cm³/mol. The average molecular weight is 459 g/mol. The molecule has 2 aliphatic heterocycles. The summed E-state index contributed by atoms with van der Waals surface area (Å²) in [5.74, 6) is 0.138. The molecule has 1 unspecified atom stereocenters. The number of halogens is 3. The highest BCUT2D eigenvalue weighted by atomic mass is 19.4. The van der Waals surface area contributed by atoms with Gasteiger partial charge in [0, 0.05) is 30.9 Å². The van der Waals surface area contributed by atoms with E-state index in [0.717, 1.165) is 24.8 Å². The van der Waals surface area contributed by atoms with Crippen LogP contribution in [0.15, 0.2) is 36.4 Å². The third-order valence-electron chi connectivity index (χ3n) is 7.25. The van der Waals surface area contributed by atoms with Gasteiger partial charge in [0.2, 0.25) is 0 Å². The summed E-state index contributed by atoms with van der Waals surface area (Å²) < 4.78 is 47.8. The predicted octanol–water partition coefficient (Wildman–Crippen LogP) is 5.74. The summed E-state index contributed by atoms with van der Waals surface area (Å²) in [6, 6.07) is 10.6. The SMILES string of the molecule is CCC1CN(Cc2cc3c(c(C(F)(F)F)c2)CN(c2cccc(C4CCC4)c2)C3=O)CCO1. The smallest absolute Gasteiger partial charge is 0.376 e. The van der Waals surface area contributed by atoms with Gasteiger partial charge in [-0.25, -0.2) is 0 Å². The molecule has 0 spiro atoms. The minimum atomic E-state index is -4.51. The van der Waals surface area contributed by atoms with E-state index in [1.807, 2.05) is 31.2 Å². The molecule has 2 aromatic rings. The molecule has 0 bridgehead atoms. The first-order chi connectivity index (χ1) is 15.8. The fourth-order valence-corrected chi connectivity index (χ4v) is 5.14. The number of benzene rings is 2. The molecule has 1 aliphatic carbocycles. The van der Waals surface area contributed by atoms with E-state index >= 15 is 0 Å². The molecule has 0 radical (unpaired) electrons. The van der Waals surface area contributed by atoms with Gasteiger partial charge in [0.1, 0.15) is 0 Å². The number of anilines is 1. The van der Waals surface area contributed by atoms with Crippen molar-refractivity contribution in [2.45, 2.75) is 63.9 Å². The monoisotopic (exact) mass is 458 g/mol. The summed E-state index contributed by atoms with van der Waals surface area (Å²) in [6.07, 6.45) is -0.110. The fourth-order valence-electron chi connectivity index (χ4n) is 5.14. The zero-order valence-electron chi connectivity index (χ0n) is 18.8. The zero-order chi connectivity index (χ0) is 23.2. The quantitative estimate of drug-likeness (QED) is 0.573. The largest absolute Gasteiger partial charge is 0.416 e. The highest BCUT2D eigenvalue weighted by Gasteiger charge is 2.40. The molecule has 1 amide bonds. The van der Waals surface area contributed by atoms with Gasteiger partial charge < -0.3 is 9.64 Å². The van der Waals surface area contributed by atoms with Crippen molar-refractivity contribution in [3.8, 4) is 0 Å². The van der Waals surface area contributed by atoms with Crippen LogP contribution in [0.2, 0.25) is 0 Å². The van der Waals surface area contributed by atoms with E-state index in [4.69, 9.17) is 4.74 Å². The van der Waals surface area contributed by atoms with Gasteiger partial charge >= 0.3 is 6.18 Å². The Morgan fingerprint density at radius 1 is 1.15 bits per heavy atom. The second-order valence-corrected chi connectivity index (χ2v) is 9.42. The number of amides is 1. The normalized spacial score (nSPS) is 21.9. The number of alkyl halides is 3. The lowest BCUT2D eigenvalue weighted by Gasteiger charge is -2.32. The second kappa shape index (κ2) is 8.76. The molecular formula is C26H29F3N2O2. The number of rotatable bonds is 5. The minimum Gasteiger partial charge on any atom is -0.376 e. The Hall–Kier alpha value is -2.38. The third kappa shape index (κ3) is 4.41. The number of carbonyl (C=O) groups excluding carboxylic acids is 1. The van der Waals surface area contributed by atoms with E-state index in [1.54, 1.807) is 6.07 Å². The minimum absolute atomic E-state index is 0.0487. The number of carbonyl (C=O) groups is 1. The van der Waals surface area contributed by atoms with Crippen molar-refractivity contribution < 1.29 is 22.7 Å². The van der Waals surface area contributed by atoms with Crippen LogP contribution in [0.3, 0.4) is 0 Å². The molecule has 5 rings (SSSR count). The van der Waals surface area contributed by atoms with Gasteiger partial charge in [-0.15, -0.1) is 0 Å². The van der Waals surface area contributed by atoms with Crippen LogP contribution in [0.25, 0.3) is 0 Å². The van der Waals surface area contributed by atoms with Crippen molar-refractivity contribution in [3.05, 3.63) is 64.2 Å². The van der Waals surface area contributed by atoms with E-state index in [2.05, 4.69) is 4.90 Å². The van der Waals surface area contributed by atoms with Crippen LogP contribution in [-0.2, 0) is 24.0 Å². The Bertz CT molecular complexity index is 1050. The van der Waals surface area contributed by atoms with Crippen LogP contribution in [0.4, 0.5) is 18.9 Å². The zero-order valence-corrected chi connectivity index (χ0v) is 18.8. The number of hydrogen-bond donors (Lipinski definition) is 0. The Morgan fingerprint density at radius 3 is 2.67 bits per heavy atom. The van der Waals surface area contributed by atoms with Gasteiger partial charge in [0.05, 0.1) is 24.8 Å². The number of hydrogen-bond acceptors (Lipinski definition) is 3. The van der Waals surface area contributed by atoms with Crippen LogP contribution in [-0.4, -0.2) is 36.6 Å². The molecule has 33 heavy (non-hydrogen) atoms. The van der Waals surface area contributed by atoms with E-state index in [9.17, 15) is 18.0 Å². The molecule has 0 N–H and O–H groups in total. The maximum Gasteiger partial charge on any atom is 0.416 e. The number of fused-ring (bicyclic) bond motifs is 1.